The molecule has 2 heterocycles. The highest BCUT2D eigenvalue weighted by Crippen LogP contribution is 2.23. The highest BCUT2D eigenvalue weighted by molar-refractivity contribution is 7.13. The van der Waals surface area contributed by atoms with Crippen LogP contribution in [0.2, 0.25) is 0 Å². The van der Waals surface area contributed by atoms with E-state index in [1.807, 2.05) is 11.4 Å². The molecule has 6 heteroatoms. The third kappa shape index (κ3) is 3.41. The second kappa shape index (κ2) is 5.79. The number of aromatic nitrogens is 1. The van der Waals surface area contributed by atoms with Gasteiger partial charge in [0.25, 0.3) is 0 Å². The smallest absolute Gasteiger partial charge is 0.226 e. The molecular weight excluding hydrogens is 252 g/mol. The van der Waals surface area contributed by atoms with Crippen molar-refractivity contribution in [1.82, 2.24) is 10.3 Å². The van der Waals surface area contributed by atoms with Crippen LogP contribution in [0.3, 0.4) is 0 Å². The van der Waals surface area contributed by atoms with Crippen molar-refractivity contribution in [2.24, 2.45) is 0 Å². The first kappa shape index (κ1) is 12.8. The van der Waals surface area contributed by atoms with E-state index < -0.39 is 6.10 Å². The van der Waals surface area contributed by atoms with Crippen molar-refractivity contribution in [2.75, 3.05) is 6.54 Å². The zero-order chi connectivity index (χ0) is 13.0. The highest BCUT2D eigenvalue weighted by Gasteiger charge is 2.09. The Hall–Kier alpha value is -1.66. The maximum Gasteiger partial charge on any atom is 0.226 e. The molecule has 0 bridgehead atoms. The predicted molar refractivity (Wildman–Crippen MR) is 68.2 cm³/mol. The van der Waals surface area contributed by atoms with Crippen LogP contribution in [0.1, 0.15) is 12.6 Å². The second-order valence-electron chi connectivity index (χ2n) is 3.99. The van der Waals surface area contributed by atoms with Gasteiger partial charge in [-0.05, 0) is 13.0 Å². The maximum atomic E-state index is 11.5. The Labute approximate surface area is 108 Å². The van der Waals surface area contributed by atoms with E-state index in [0.717, 1.165) is 16.3 Å². The topological polar surface area (TPSA) is 75.4 Å². The van der Waals surface area contributed by atoms with Crippen molar-refractivity contribution in [3.8, 4) is 10.6 Å². The first-order valence-electron chi connectivity index (χ1n) is 5.57. The summed E-state index contributed by atoms with van der Waals surface area (Å²) in [4.78, 5) is 15.9. The van der Waals surface area contributed by atoms with Crippen LogP contribution in [0.25, 0.3) is 10.6 Å². The number of carbonyl (C=O) groups excluding carboxylic acids is 1. The van der Waals surface area contributed by atoms with Crippen LogP contribution in [-0.4, -0.2) is 28.6 Å². The number of amides is 1. The van der Waals surface area contributed by atoms with E-state index in [1.165, 1.54) is 11.3 Å². The molecule has 2 aromatic heterocycles. The Bertz CT molecular complexity index is 505. The van der Waals surface area contributed by atoms with Gasteiger partial charge in [0, 0.05) is 17.5 Å². The van der Waals surface area contributed by atoms with Crippen LogP contribution in [0.5, 0.6) is 0 Å². The molecule has 96 valence electrons. The number of thiazole rings is 1. The van der Waals surface area contributed by atoms with Crippen LogP contribution in [0.4, 0.5) is 0 Å². The average molecular weight is 266 g/mol. The molecule has 2 aromatic rings. The lowest BCUT2D eigenvalue weighted by Crippen LogP contribution is -2.31. The van der Waals surface area contributed by atoms with Crippen LogP contribution in [0, 0.1) is 0 Å². The van der Waals surface area contributed by atoms with E-state index in [2.05, 4.69) is 10.3 Å². The first-order valence-corrected chi connectivity index (χ1v) is 6.45. The van der Waals surface area contributed by atoms with Crippen molar-refractivity contribution in [1.29, 1.82) is 0 Å². The number of rotatable bonds is 5. The Balaban J connectivity index is 1.93. The summed E-state index contributed by atoms with van der Waals surface area (Å²) >= 11 is 1.47. The van der Waals surface area contributed by atoms with E-state index in [9.17, 15) is 4.79 Å². The molecule has 0 radical (unpaired) electrons. The zero-order valence-corrected chi connectivity index (χ0v) is 10.7. The van der Waals surface area contributed by atoms with Crippen LogP contribution >= 0.6 is 11.3 Å². The van der Waals surface area contributed by atoms with Gasteiger partial charge >= 0.3 is 0 Å². The van der Waals surface area contributed by atoms with Crippen molar-refractivity contribution >= 4 is 17.2 Å². The fraction of sp³-hybridized carbons (Fsp3) is 0.333. The highest BCUT2D eigenvalue weighted by atomic mass is 32.1. The molecule has 0 saturated heterocycles. The maximum absolute atomic E-state index is 11.5. The molecular formula is C12H14N2O3S. The number of furan rings is 1. The third-order valence-corrected chi connectivity index (χ3v) is 3.20. The van der Waals surface area contributed by atoms with Crippen molar-refractivity contribution in [3.63, 3.8) is 0 Å². The van der Waals surface area contributed by atoms with Crippen molar-refractivity contribution in [3.05, 3.63) is 29.7 Å². The van der Waals surface area contributed by atoms with Crippen LogP contribution in [-0.2, 0) is 11.2 Å². The quantitative estimate of drug-likeness (QED) is 0.858. The molecule has 0 aromatic carbocycles. The Morgan fingerprint density at radius 3 is 3.17 bits per heavy atom. The number of carbonyl (C=O) groups is 1. The van der Waals surface area contributed by atoms with Gasteiger partial charge in [0.15, 0.2) is 0 Å². The van der Waals surface area contributed by atoms with Gasteiger partial charge in [0.2, 0.25) is 5.91 Å². The van der Waals surface area contributed by atoms with E-state index in [-0.39, 0.29) is 18.9 Å². The van der Waals surface area contributed by atoms with Crippen LogP contribution < -0.4 is 5.32 Å². The van der Waals surface area contributed by atoms with Gasteiger partial charge in [-0.2, -0.15) is 0 Å². The van der Waals surface area contributed by atoms with Gasteiger partial charge in [0.1, 0.15) is 11.3 Å². The number of aliphatic hydroxyl groups is 1. The molecule has 0 saturated carbocycles. The molecule has 18 heavy (non-hydrogen) atoms. The minimum Gasteiger partial charge on any atom is -0.472 e. The fourth-order valence-electron chi connectivity index (χ4n) is 1.40. The largest absolute Gasteiger partial charge is 0.472 e. The SMILES string of the molecule is CC(O)CNC(=O)Cc1csc(-c2ccoc2)n1. The Morgan fingerprint density at radius 2 is 2.50 bits per heavy atom. The van der Waals surface area contributed by atoms with Crippen molar-refractivity contribution < 1.29 is 14.3 Å². The minimum absolute atomic E-state index is 0.139. The molecule has 2 rings (SSSR count). The molecule has 0 spiro atoms. The molecule has 0 fully saturated rings. The first-order chi connectivity index (χ1) is 8.65. The second-order valence-corrected chi connectivity index (χ2v) is 4.84. The molecule has 2 N–H and O–H groups in total. The van der Waals surface area contributed by atoms with Crippen molar-refractivity contribution in [2.45, 2.75) is 19.4 Å². The lowest BCUT2D eigenvalue weighted by molar-refractivity contribution is -0.120. The van der Waals surface area contributed by atoms with Gasteiger partial charge in [-0.25, -0.2) is 4.98 Å². The number of nitrogens with one attached hydrogen (secondary N) is 1. The number of aliphatic hydroxyl groups excluding tert-OH is 1. The lowest BCUT2D eigenvalue weighted by Gasteiger charge is -2.05. The zero-order valence-electron chi connectivity index (χ0n) is 9.92. The summed E-state index contributed by atoms with van der Waals surface area (Å²) in [5, 5.41) is 14.4. The predicted octanol–water partition coefficient (Wildman–Crippen LogP) is 1.44. The van der Waals surface area contributed by atoms with Gasteiger partial charge < -0.3 is 14.8 Å². The van der Waals surface area contributed by atoms with Gasteiger partial charge in [-0.1, -0.05) is 0 Å². The Kier molecular flexibility index (Phi) is 4.11. The number of hydrogen-bond donors (Lipinski definition) is 2. The van der Waals surface area contributed by atoms with Gasteiger partial charge in [0.05, 0.1) is 24.5 Å². The summed E-state index contributed by atoms with van der Waals surface area (Å²) in [5.41, 5.74) is 1.63. The summed E-state index contributed by atoms with van der Waals surface area (Å²) in [6.45, 7) is 1.89. The summed E-state index contributed by atoms with van der Waals surface area (Å²) in [6, 6.07) is 1.83. The number of hydrogen-bond acceptors (Lipinski definition) is 5. The third-order valence-electron chi connectivity index (χ3n) is 2.26. The fourth-order valence-corrected chi connectivity index (χ4v) is 2.20. The molecule has 1 atom stereocenters. The number of nitrogens with zero attached hydrogens (tertiary/aromatic N) is 1. The summed E-state index contributed by atoms with van der Waals surface area (Å²) in [5.74, 6) is -0.139. The standard InChI is InChI=1S/C12H14N2O3S/c1-8(15)5-13-11(16)4-10-7-18-12(14-10)9-2-3-17-6-9/h2-3,6-8,15H,4-5H2,1H3,(H,13,16). The summed E-state index contributed by atoms with van der Waals surface area (Å²) in [7, 11) is 0. The molecule has 1 amide bonds. The van der Waals surface area contributed by atoms with E-state index in [0.29, 0.717) is 0 Å². The van der Waals surface area contributed by atoms with E-state index >= 15 is 0 Å². The molecule has 0 aliphatic carbocycles. The minimum atomic E-state index is -0.536. The van der Waals surface area contributed by atoms with E-state index in [1.54, 1.807) is 19.5 Å². The molecule has 0 aliphatic heterocycles. The molecule has 0 aliphatic rings. The summed E-state index contributed by atoms with van der Waals surface area (Å²) < 4.78 is 4.98. The summed E-state index contributed by atoms with van der Waals surface area (Å²) in [6.07, 6.45) is 2.90. The van der Waals surface area contributed by atoms with E-state index in [4.69, 9.17) is 9.52 Å². The molecule has 1 unspecified atom stereocenters. The normalized spacial score (nSPS) is 12.3. The average Bonchev–Trinajstić information content (AvgIpc) is 2.95. The molecule has 5 nitrogen and oxygen atoms in total. The Morgan fingerprint density at radius 1 is 1.67 bits per heavy atom. The van der Waals surface area contributed by atoms with Gasteiger partial charge in [-0.15, -0.1) is 11.3 Å². The van der Waals surface area contributed by atoms with Crippen LogP contribution in [0.15, 0.2) is 28.4 Å². The monoisotopic (exact) mass is 266 g/mol. The van der Waals surface area contributed by atoms with Gasteiger partial charge in [-0.3, -0.25) is 4.79 Å². The lowest BCUT2D eigenvalue weighted by atomic mass is 10.3.